The fourth-order valence-electron chi connectivity index (χ4n) is 3.45. The minimum Gasteiger partial charge on any atom is -0.478 e. The summed E-state index contributed by atoms with van der Waals surface area (Å²) in [7, 11) is 0. The molecule has 152 valence electrons. The van der Waals surface area contributed by atoms with Crippen molar-refractivity contribution in [2.45, 2.75) is 38.2 Å². The van der Waals surface area contributed by atoms with E-state index in [4.69, 9.17) is 25.2 Å². The molecule has 0 saturated carbocycles. The predicted molar refractivity (Wildman–Crippen MR) is 107 cm³/mol. The molecular formula is C21H22ClN3O4. The minimum absolute atomic E-state index is 0.0458. The molecule has 0 spiro atoms. The van der Waals surface area contributed by atoms with Gasteiger partial charge in [-0.15, -0.1) is 10.2 Å². The highest BCUT2D eigenvalue weighted by molar-refractivity contribution is 6.30. The molecule has 1 saturated heterocycles. The van der Waals surface area contributed by atoms with E-state index in [-0.39, 0.29) is 11.8 Å². The van der Waals surface area contributed by atoms with Crippen molar-refractivity contribution in [1.82, 2.24) is 15.1 Å². The number of amides is 1. The van der Waals surface area contributed by atoms with E-state index in [1.807, 2.05) is 4.90 Å². The second kappa shape index (κ2) is 7.91. The summed E-state index contributed by atoms with van der Waals surface area (Å²) in [5, 5.41) is 8.90. The van der Waals surface area contributed by atoms with Gasteiger partial charge < -0.3 is 18.5 Å². The number of carbonyl (C=O) groups excluding carboxylic acids is 1. The number of hydrogen-bond acceptors (Lipinski definition) is 6. The largest absolute Gasteiger partial charge is 0.478 e. The lowest BCUT2D eigenvalue weighted by Gasteiger charge is -2.36. The van der Waals surface area contributed by atoms with Gasteiger partial charge in [0, 0.05) is 24.0 Å². The van der Waals surface area contributed by atoms with Crippen LogP contribution in [0.3, 0.4) is 0 Å². The van der Waals surface area contributed by atoms with Gasteiger partial charge >= 0.3 is 0 Å². The maximum Gasteiger partial charge on any atom is 0.266 e. The Hall–Kier alpha value is -2.80. The number of rotatable bonds is 5. The van der Waals surface area contributed by atoms with Crippen LogP contribution < -0.4 is 4.74 Å². The number of ether oxygens (including phenoxy) is 1. The third-order valence-corrected chi connectivity index (χ3v) is 5.29. The average molecular weight is 416 g/mol. The van der Waals surface area contributed by atoms with Gasteiger partial charge in [-0.3, -0.25) is 4.79 Å². The van der Waals surface area contributed by atoms with Gasteiger partial charge in [0.25, 0.3) is 11.8 Å². The van der Waals surface area contributed by atoms with Crippen LogP contribution in [0.4, 0.5) is 0 Å². The van der Waals surface area contributed by atoms with Gasteiger partial charge in [-0.2, -0.15) is 0 Å². The standard InChI is InChI=1S/C21H22ClN3O4/c1-21(2,29-17-5-3-16(22)4-6-17)20(26)25-10-7-14(8-11-25)18-23-24-19(28-18)15-9-12-27-13-15/h3-6,9,12-14H,7-8,10-11H2,1-2H3. The van der Waals surface area contributed by atoms with E-state index in [0.717, 1.165) is 18.4 Å². The maximum atomic E-state index is 13.0. The SMILES string of the molecule is CC(C)(Oc1ccc(Cl)cc1)C(=O)N1CCC(c2nnc(-c3ccoc3)o2)CC1. The lowest BCUT2D eigenvalue weighted by molar-refractivity contribution is -0.146. The van der Waals surface area contributed by atoms with Crippen LogP contribution in [0.2, 0.25) is 5.02 Å². The molecule has 0 radical (unpaired) electrons. The number of aromatic nitrogens is 2. The molecule has 8 heteroatoms. The van der Waals surface area contributed by atoms with Crippen LogP contribution in [-0.2, 0) is 4.79 Å². The lowest BCUT2D eigenvalue weighted by atomic mass is 9.95. The number of piperidine rings is 1. The molecule has 2 aromatic heterocycles. The van der Waals surface area contributed by atoms with Crippen LogP contribution in [0, 0.1) is 0 Å². The normalized spacial score (nSPS) is 15.5. The summed E-state index contributed by atoms with van der Waals surface area (Å²) in [4.78, 5) is 14.8. The first-order valence-corrected chi connectivity index (χ1v) is 9.90. The van der Waals surface area contributed by atoms with Crippen LogP contribution in [0.25, 0.3) is 11.5 Å². The molecule has 1 aliphatic heterocycles. The monoisotopic (exact) mass is 415 g/mol. The van der Waals surface area contributed by atoms with E-state index < -0.39 is 5.60 Å². The molecule has 3 aromatic rings. The van der Waals surface area contributed by atoms with Gasteiger partial charge in [-0.25, -0.2) is 0 Å². The van der Waals surface area contributed by atoms with Crippen molar-refractivity contribution in [3.8, 4) is 17.2 Å². The van der Waals surface area contributed by atoms with Gasteiger partial charge in [0.1, 0.15) is 12.0 Å². The third-order valence-electron chi connectivity index (χ3n) is 5.04. The molecule has 4 rings (SSSR count). The summed E-state index contributed by atoms with van der Waals surface area (Å²) < 4.78 is 16.8. The quantitative estimate of drug-likeness (QED) is 0.608. The number of likely N-dealkylation sites (tertiary alicyclic amines) is 1. The Labute approximate surface area is 173 Å². The van der Waals surface area contributed by atoms with Crippen LogP contribution in [-0.4, -0.2) is 39.7 Å². The zero-order chi connectivity index (χ0) is 20.4. The lowest BCUT2D eigenvalue weighted by Crippen LogP contribution is -2.51. The van der Waals surface area contributed by atoms with Crippen molar-refractivity contribution >= 4 is 17.5 Å². The molecule has 1 aliphatic rings. The number of hydrogen-bond donors (Lipinski definition) is 0. The van der Waals surface area contributed by atoms with Crippen molar-refractivity contribution in [1.29, 1.82) is 0 Å². The van der Waals surface area contributed by atoms with Gasteiger partial charge in [-0.1, -0.05) is 11.6 Å². The molecule has 29 heavy (non-hydrogen) atoms. The highest BCUT2D eigenvalue weighted by atomic mass is 35.5. The van der Waals surface area contributed by atoms with Gasteiger partial charge in [0.05, 0.1) is 11.8 Å². The first kappa shape index (κ1) is 19.5. The molecule has 3 heterocycles. The van der Waals surface area contributed by atoms with Crippen LogP contribution in [0.15, 0.2) is 51.7 Å². The first-order valence-electron chi connectivity index (χ1n) is 9.52. The van der Waals surface area contributed by atoms with Crippen LogP contribution in [0.1, 0.15) is 38.5 Å². The second-order valence-corrected chi connectivity index (χ2v) is 8.03. The number of nitrogens with zero attached hydrogens (tertiary/aromatic N) is 3. The summed E-state index contributed by atoms with van der Waals surface area (Å²) >= 11 is 5.91. The molecule has 1 amide bonds. The molecule has 7 nitrogen and oxygen atoms in total. The van der Waals surface area contributed by atoms with Crippen LogP contribution in [0.5, 0.6) is 5.75 Å². The summed E-state index contributed by atoms with van der Waals surface area (Å²) in [5.41, 5.74) is -0.211. The number of carbonyl (C=O) groups is 1. The van der Waals surface area contributed by atoms with E-state index >= 15 is 0 Å². The Morgan fingerprint density at radius 3 is 2.55 bits per heavy atom. The molecule has 0 bridgehead atoms. The first-order chi connectivity index (χ1) is 13.9. The maximum absolute atomic E-state index is 13.0. The molecular weight excluding hydrogens is 394 g/mol. The topological polar surface area (TPSA) is 81.6 Å². The zero-order valence-electron chi connectivity index (χ0n) is 16.3. The molecule has 1 aromatic carbocycles. The molecule has 0 unspecified atom stereocenters. The zero-order valence-corrected chi connectivity index (χ0v) is 17.1. The molecule has 0 N–H and O–H groups in total. The summed E-state index contributed by atoms with van der Waals surface area (Å²) in [6, 6.07) is 8.78. The van der Waals surface area contributed by atoms with Gasteiger partial charge in [0.2, 0.25) is 5.89 Å². The van der Waals surface area contributed by atoms with E-state index in [0.29, 0.717) is 35.6 Å². The Morgan fingerprint density at radius 2 is 1.90 bits per heavy atom. The van der Waals surface area contributed by atoms with Crippen molar-refractivity contribution in [3.63, 3.8) is 0 Å². The second-order valence-electron chi connectivity index (χ2n) is 7.59. The molecule has 0 aliphatic carbocycles. The smallest absolute Gasteiger partial charge is 0.266 e. The number of halogens is 1. The molecule has 0 atom stereocenters. The van der Waals surface area contributed by atoms with Crippen LogP contribution >= 0.6 is 11.6 Å². The minimum atomic E-state index is -0.973. The fourth-order valence-corrected chi connectivity index (χ4v) is 3.58. The van der Waals surface area contributed by atoms with Gasteiger partial charge in [0.15, 0.2) is 5.60 Å². The third kappa shape index (κ3) is 4.29. The highest BCUT2D eigenvalue weighted by Gasteiger charge is 2.37. The van der Waals surface area contributed by atoms with E-state index in [9.17, 15) is 4.79 Å². The van der Waals surface area contributed by atoms with Crippen molar-refractivity contribution in [2.24, 2.45) is 0 Å². The Kier molecular flexibility index (Phi) is 5.32. The van der Waals surface area contributed by atoms with Crippen molar-refractivity contribution in [3.05, 3.63) is 53.8 Å². The summed E-state index contributed by atoms with van der Waals surface area (Å²) in [6.45, 7) is 4.79. The summed E-state index contributed by atoms with van der Waals surface area (Å²) in [5.74, 6) is 1.75. The highest BCUT2D eigenvalue weighted by Crippen LogP contribution is 2.31. The number of benzene rings is 1. The number of furan rings is 1. The van der Waals surface area contributed by atoms with Crippen molar-refractivity contribution < 1.29 is 18.4 Å². The Morgan fingerprint density at radius 1 is 1.17 bits per heavy atom. The summed E-state index contributed by atoms with van der Waals surface area (Å²) in [6.07, 6.45) is 4.66. The van der Waals surface area contributed by atoms with E-state index in [1.54, 1.807) is 56.7 Å². The molecule has 1 fully saturated rings. The average Bonchev–Trinajstić information content (AvgIpc) is 3.41. The van der Waals surface area contributed by atoms with Gasteiger partial charge in [-0.05, 0) is 57.0 Å². The Bertz CT molecular complexity index is 958. The Balaban J connectivity index is 1.36. The van der Waals surface area contributed by atoms with E-state index in [1.165, 1.54) is 0 Å². The predicted octanol–water partition coefficient (Wildman–Crippen LogP) is 4.55. The van der Waals surface area contributed by atoms with Crippen molar-refractivity contribution in [2.75, 3.05) is 13.1 Å². The van der Waals surface area contributed by atoms with E-state index in [2.05, 4.69) is 10.2 Å². The fraction of sp³-hybridized carbons (Fsp3) is 0.381.